The van der Waals surface area contributed by atoms with Crippen LogP contribution in [0.3, 0.4) is 0 Å². The highest BCUT2D eigenvalue weighted by Crippen LogP contribution is 2.49. The van der Waals surface area contributed by atoms with E-state index in [2.05, 4.69) is 42.2 Å². The van der Waals surface area contributed by atoms with Gasteiger partial charge < -0.3 is 97.9 Å². The number of aliphatic carboxylic acids is 1. The number of carbonyl (C=O) groups is 13. The predicted molar refractivity (Wildman–Crippen MR) is 390 cm³/mol. The molecule has 2 aromatic carbocycles. The number of unbranched alkanes of at least 4 members (excludes halogenated alkanes) is 1. The minimum Gasteiger partial charge on any atom is -0.508 e. The number of thioether (sulfide) groups is 1. The van der Waals surface area contributed by atoms with Gasteiger partial charge in [-0.25, -0.2) is 19.2 Å². The van der Waals surface area contributed by atoms with Crippen molar-refractivity contribution in [3.63, 3.8) is 0 Å². The van der Waals surface area contributed by atoms with Crippen LogP contribution in [0.4, 0.5) is 15.3 Å². The number of carboxylic acid groups (broad SMARTS) is 1. The van der Waals surface area contributed by atoms with Crippen molar-refractivity contribution in [2.45, 2.75) is 184 Å². The third-order valence-corrected chi connectivity index (χ3v) is 20.1. The number of carbonyl (C=O) groups excluding carboxylic acids is 12. The van der Waals surface area contributed by atoms with Crippen molar-refractivity contribution in [2.24, 2.45) is 28.1 Å². The number of methoxy groups -OCH3 is 2. The molecule has 16 N–H and O–H groups in total. The van der Waals surface area contributed by atoms with E-state index >= 15 is 0 Å². The molecule has 0 spiro atoms. The molecular weight excluding hydrogens is 1440 g/mol. The van der Waals surface area contributed by atoms with Crippen LogP contribution in [0.2, 0.25) is 5.02 Å². The number of guanidine groups is 1. The smallest absolute Gasteiger partial charge is 0.409 e. The number of primary amides is 1. The summed E-state index contributed by atoms with van der Waals surface area (Å²) in [6.07, 6.45) is -0.629. The van der Waals surface area contributed by atoms with E-state index in [4.69, 9.17) is 52.5 Å². The second kappa shape index (κ2) is 40.3. The number of amides is 12. The van der Waals surface area contributed by atoms with Gasteiger partial charge in [-0.3, -0.25) is 58.4 Å². The number of aliphatic hydroxyl groups is 1. The van der Waals surface area contributed by atoms with Crippen LogP contribution >= 0.6 is 23.4 Å². The molecule has 12 atom stereocenters. The fourth-order valence-corrected chi connectivity index (χ4v) is 13.4. The third-order valence-electron chi connectivity index (χ3n) is 18.7. The fraction of sp³-hybridized carbons (Fsp3) is 0.571. The Morgan fingerprint density at radius 1 is 0.850 bits per heavy atom. The van der Waals surface area contributed by atoms with Gasteiger partial charge in [0.05, 0.1) is 31.1 Å². The maximum absolute atomic E-state index is 14.5. The molecule has 0 unspecified atom stereocenters. The Labute approximate surface area is 628 Å². The summed E-state index contributed by atoms with van der Waals surface area (Å²) in [5.41, 5.74) is 15.1. The van der Waals surface area contributed by atoms with Crippen LogP contribution in [0.25, 0.3) is 0 Å². The third kappa shape index (κ3) is 25.4. The highest BCUT2D eigenvalue weighted by Gasteiger charge is 2.64. The zero-order valence-corrected chi connectivity index (χ0v) is 62.7. The van der Waals surface area contributed by atoms with Crippen molar-refractivity contribution in [1.82, 2.24) is 47.0 Å². The minimum atomic E-state index is -1.95. The highest BCUT2D eigenvalue weighted by molar-refractivity contribution is 7.99. The van der Waals surface area contributed by atoms with Gasteiger partial charge in [-0.05, 0) is 108 Å². The van der Waals surface area contributed by atoms with Gasteiger partial charge in [-0.1, -0.05) is 54.5 Å². The number of carboxylic acids is 1. The number of epoxide rings is 1. The summed E-state index contributed by atoms with van der Waals surface area (Å²) < 4.78 is 29.5. The van der Waals surface area contributed by atoms with Crippen molar-refractivity contribution < 1.29 is 101 Å². The van der Waals surface area contributed by atoms with Gasteiger partial charge in [0, 0.05) is 84.6 Å². The number of hydrogen-bond acceptors (Lipinski definition) is 22. The van der Waals surface area contributed by atoms with E-state index < -0.39 is 162 Å². The Morgan fingerprint density at radius 3 is 2.12 bits per heavy atom. The van der Waals surface area contributed by atoms with Crippen molar-refractivity contribution >= 4 is 112 Å². The van der Waals surface area contributed by atoms with E-state index in [0.29, 0.717) is 17.5 Å². The lowest BCUT2D eigenvalue weighted by atomic mass is 9.83. The molecule has 4 aliphatic heterocycles. The van der Waals surface area contributed by atoms with E-state index in [1.165, 1.54) is 64.4 Å². The number of likely N-dealkylation sites (N-methyl/N-ethyl adjacent to an activating group) is 1. The molecule has 37 heteroatoms. The summed E-state index contributed by atoms with van der Waals surface area (Å²) in [4.78, 5) is 181. The number of alkyl carbamates (subject to hydrolysis) is 1. The number of benzene rings is 2. The molecule has 4 bridgehead atoms. The molecule has 0 aromatic heterocycles. The fourth-order valence-electron chi connectivity index (χ4n) is 12.4. The molecule has 3 saturated heterocycles. The molecule has 588 valence electrons. The first-order valence-electron chi connectivity index (χ1n) is 34.9. The topological polar surface area (TPSA) is 516 Å². The standard InChI is InChI=1S/C70H99ClN14O21S/c1-38-14-11-18-51(103-8)70(101)35-50(104-68(100)82-70)39(2)60-69(4,106-60)52(34-58(92)84(6)48-32-42(30-38)33-49(102-7)59(48)71)105-65(98)40(3)83(5)55(89)25-29-107-37-54(88)79-45(17-13-28-77-67(74)99)62(94)80-46(63(95)81-47(64(96)97)31-41-19-21-43(86)22-20-41)15-9-10-26-75-61(93)44(16-12-27-76-66(72)73)78-53(87)36-85-56(90)23-24-57(85)91/h11,14,18-22,32-33,39-40,44-47,50-52,60,86,101H,9-10,12-13,15-17,23-31,34-37H2,1-8H3,(H,75,93)(H,78,87)(H,79,88)(H,80,94)(H,81,95)(H,82,100)(H,96,97)(H4,72,73,76)(H3,74,77,99)/b18-11+,38-14+/t39-,40+,44+,45+,46+,47+,50+,51-,52+,60+,69+,70+/m1/s1. The number of nitrogens with one attached hydrogen (secondary N) is 7. The number of anilines is 1. The van der Waals surface area contributed by atoms with Gasteiger partial charge in [0.1, 0.15) is 77.2 Å². The van der Waals surface area contributed by atoms with Crippen molar-refractivity contribution in [1.29, 1.82) is 0 Å². The molecule has 3 fully saturated rings. The van der Waals surface area contributed by atoms with Crippen molar-refractivity contribution in [2.75, 3.05) is 70.9 Å². The summed E-state index contributed by atoms with van der Waals surface area (Å²) >= 11 is 7.84. The summed E-state index contributed by atoms with van der Waals surface area (Å²) in [5, 5.41) is 50.0. The first kappa shape index (κ1) is 86.1. The second-order valence-corrected chi connectivity index (χ2v) is 28.3. The van der Waals surface area contributed by atoms with Gasteiger partial charge in [0.15, 0.2) is 11.7 Å². The number of imide groups is 1. The number of aromatic hydroxyl groups is 1. The molecule has 107 heavy (non-hydrogen) atoms. The number of halogens is 1. The Morgan fingerprint density at radius 2 is 1.48 bits per heavy atom. The number of phenolic OH excluding ortho intramolecular Hbond substituents is 1. The average Bonchev–Trinajstić information content (AvgIpc) is 1.57. The van der Waals surface area contributed by atoms with Gasteiger partial charge in [0.25, 0.3) is 0 Å². The minimum absolute atomic E-state index is 0.00424. The van der Waals surface area contributed by atoms with Crippen LogP contribution in [0, 0.1) is 5.92 Å². The zero-order valence-electron chi connectivity index (χ0n) is 61.1. The van der Waals surface area contributed by atoms with Crippen LogP contribution in [-0.2, 0) is 84.5 Å². The number of likely N-dealkylation sites (tertiary alicyclic amines) is 1. The van der Waals surface area contributed by atoms with Crippen molar-refractivity contribution in [3.8, 4) is 11.5 Å². The van der Waals surface area contributed by atoms with E-state index in [1.54, 1.807) is 44.2 Å². The molecule has 0 aliphatic carbocycles. The Hall–Kier alpha value is -9.78. The second-order valence-electron chi connectivity index (χ2n) is 26.8. The van der Waals surface area contributed by atoms with Crippen LogP contribution in [0.1, 0.15) is 116 Å². The highest BCUT2D eigenvalue weighted by atomic mass is 35.5. The summed E-state index contributed by atoms with van der Waals surface area (Å²) in [6.45, 7) is 6.03. The normalized spacial score (nSPS) is 22.9. The number of ether oxygens (including phenoxy) is 5. The molecule has 0 radical (unpaired) electrons. The number of phenols is 1. The number of fused-ring (bicyclic) bond motifs is 5. The molecule has 6 rings (SSSR count). The quantitative estimate of drug-likeness (QED) is 0.0112. The number of hydrogen-bond donors (Lipinski definition) is 13. The van der Waals surface area contributed by atoms with E-state index in [-0.39, 0.29) is 136 Å². The van der Waals surface area contributed by atoms with Crippen LogP contribution in [0.15, 0.2) is 65.2 Å². The Balaban J connectivity index is 1.12. The molecular formula is C70H99ClN14O21S. The summed E-state index contributed by atoms with van der Waals surface area (Å²) in [6, 6.07) is 1.29. The predicted octanol–water partition coefficient (Wildman–Crippen LogP) is 0.547. The van der Waals surface area contributed by atoms with E-state index in [1.807, 2.05) is 6.92 Å². The van der Waals surface area contributed by atoms with Crippen LogP contribution in [-0.4, -0.2) is 240 Å². The molecule has 2 aromatic rings. The lowest BCUT2D eigenvalue weighted by Gasteiger charge is -2.42. The first-order chi connectivity index (χ1) is 50.6. The zero-order chi connectivity index (χ0) is 79.0. The maximum Gasteiger partial charge on any atom is 0.409 e. The number of rotatable bonds is 35. The van der Waals surface area contributed by atoms with Gasteiger partial charge >= 0.3 is 24.1 Å². The van der Waals surface area contributed by atoms with E-state index in [9.17, 15) is 77.6 Å². The number of allylic oxidation sites excluding steroid dienone is 3. The Kier molecular flexibility index (Phi) is 32.4. The largest absolute Gasteiger partial charge is 0.508 e. The van der Waals surface area contributed by atoms with E-state index in [0.717, 1.165) is 27.1 Å². The Bertz CT molecular complexity index is 3660. The van der Waals surface area contributed by atoms with Crippen LogP contribution < -0.4 is 64.1 Å². The summed E-state index contributed by atoms with van der Waals surface area (Å²) in [5.74, 6) is -9.56. The van der Waals surface area contributed by atoms with Crippen molar-refractivity contribution in [3.05, 3.63) is 76.3 Å². The molecule has 4 aliphatic rings. The first-order valence-corrected chi connectivity index (χ1v) is 36.4. The lowest BCUT2D eigenvalue weighted by molar-refractivity contribution is -0.162. The number of urea groups is 1. The number of nitrogens with zero attached hydrogens (tertiary/aromatic N) is 4. The summed E-state index contributed by atoms with van der Waals surface area (Å²) in [7, 11) is 5.67. The lowest BCUT2D eigenvalue weighted by Crippen LogP contribution is -2.63. The van der Waals surface area contributed by atoms with Crippen LogP contribution in [0.5, 0.6) is 11.5 Å². The maximum atomic E-state index is 14.5. The SMILES string of the molecule is COc1cc2cc(c1Cl)N(C)C(=O)C[C@H](OC(=O)[C@H](C)N(C)C(=O)CCSCC(=O)N[C@@H](CCCNC(N)=O)C(=O)N[C@@H](CCCCNC(=O)[C@H](CCCN=C(N)N)NC(=O)CN1C(=O)CCC1=O)C(=O)N[C@@H](Cc1ccc(O)cc1)C(=O)O)[C@]1(C)O[C@H]1[C@H](C)[C@@H]1C[C@@](O)(NC(=O)O1)[C@H](OC)/C=C/C=C(\C)C2. The van der Waals surface area contributed by atoms with Gasteiger partial charge in [0.2, 0.25) is 53.2 Å². The monoisotopic (exact) mass is 1540 g/mol. The number of esters is 1. The average molecular weight is 1540 g/mol. The molecule has 4 heterocycles. The number of nitrogens with two attached hydrogens (primary N) is 3. The van der Waals surface area contributed by atoms with Gasteiger partial charge in [-0.15, -0.1) is 0 Å². The number of aliphatic imine (C=N–C) groups is 1. The molecule has 0 saturated carbocycles. The van der Waals surface area contributed by atoms with Gasteiger partial charge in [-0.2, -0.15) is 11.8 Å². The molecule has 35 nitrogen and oxygen atoms in total. The molecule has 12 amide bonds.